The van der Waals surface area contributed by atoms with E-state index in [0.29, 0.717) is 13.0 Å². The van der Waals surface area contributed by atoms with Crippen molar-refractivity contribution in [3.05, 3.63) is 59.8 Å². The van der Waals surface area contributed by atoms with Crippen molar-refractivity contribution in [1.29, 1.82) is 0 Å². The van der Waals surface area contributed by atoms with Crippen molar-refractivity contribution in [3.8, 4) is 0 Å². The van der Waals surface area contributed by atoms with Gasteiger partial charge in [0.2, 0.25) is 11.8 Å². The Balaban J connectivity index is 1.57. The Morgan fingerprint density at radius 2 is 1.87 bits per heavy atom. The van der Waals surface area contributed by atoms with Crippen LogP contribution in [0.3, 0.4) is 0 Å². The quantitative estimate of drug-likeness (QED) is 0.674. The molecule has 3 rings (SSSR count). The molecule has 1 atom stereocenters. The van der Waals surface area contributed by atoms with E-state index >= 15 is 0 Å². The molecule has 1 unspecified atom stereocenters. The molecule has 9 heteroatoms. The average Bonchev–Trinajstić information content (AvgIpc) is 2.73. The van der Waals surface area contributed by atoms with Gasteiger partial charge in [0.15, 0.2) is 0 Å². The van der Waals surface area contributed by atoms with Crippen LogP contribution in [-0.4, -0.2) is 41.3 Å². The van der Waals surface area contributed by atoms with Gasteiger partial charge in [0.1, 0.15) is 11.9 Å². The second kappa shape index (κ2) is 9.60. The number of carbonyl (C=O) groups is 2. The number of nitrogens with one attached hydrogen (secondary N) is 2. The molecule has 2 heterocycles. The van der Waals surface area contributed by atoms with Crippen LogP contribution < -0.4 is 10.6 Å². The van der Waals surface area contributed by atoms with Crippen LogP contribution in [0.2, 0.25) is 0 Å². The highest BCUT2D eigenvalue weighted by atomic mass is 19.4. The minimum absolute atomic E-state index is 0.0441. The van der Waals surface area contributed by atoms with Crippen LogP contribution in [-0.2, 0) is 15.8 Å². The number of likely N-dealkylation sites (tertiary alicyclic amines) is 1. The second-order valence-corrected chi connectivity index (χ2v) is 7.01. The van der Waals surface area contributed by atoms with Crippen molar-refractivity contribution >= 4 is 17.6 Å². The molecule has 6 nitrogen and oxygen atoms in total. The van der Waals surface area contributed by atoms with E-state index in [9.17, 15) is 22.8 Å². The lowest BCUT2D eigenvalue weighted by atomic mass is 10.0. The Hall–Kier alpha value is -3.10. The van der Waals surface area contributed by atoms with E-state index in [-0.39, 0.29) is 30.7 Å². The number of benzene rings is 1. The van der Waals surface area contributed by atoms with Crippen LogP contribution in [0.15, 0.2) is 48.7 Å². The largest absolute Gasteiger partial charge is 0.417 e. The van der Waals surface area contributed by atoms with Crippen LogP contribution in [0, 0.1) is 0 Å². The summed E-state index contributed by atoms with van der Waals surface area (Å²) >= 11 is 0. The zero-order valence-electron chi connectivity index (χ0n) is 16.3. The molecule has 2 N–H and O–H groups in total. The summed E-state index contributed by atoms with van der Waals surface area (Å²) in [5.74, 6) is -0.0565. The number of pyridine rings is 1. The van der Waals surface area contributed by atoms with Crippen LogP contribution in [0.5, 0.6) is 0 Å². The van der Waals surface area contributed by atoms with Gasteiger partial charge in [-0.15, -0.1) is 0 Å². The van der Waals surface area contributed by atoms with Gasteiger partial charge in [-0.25, -0.2) is 4.98 Å². The van der Waals surface area contributed by atoms with Crippen molar-refractivity contribution in [3.63, 3.8) is 0 Å². The van der Waals surface area contributed by atoms with Gasteiger partial charge >= 0.3 is 6.18 Å². The first-order valence-electron chi connectivity index (χ1n) is 9.75. The molecule has 1 fully saturated rings. The van der Waals surface area contributed by atoms with Crippen molar-refractivity contribution in [2.24, 2.45) is 0 Å². The third-order valence-corrected chi connectivity index (χ3v) is 4.86. The predicted octanol–water partition coefficient (Wildman–Crippen LogP) is 3.38. The first-order valence-corrected chi connectivity index (χ1v) is 9.75. The fraction of sp³-hybridized carbons (Fsp3) is 0.381. The Kier molecular flexibility index (Phi) is 6.91. The number of hydrogen-bond acceptors (Lipinski definition) is 4. The summed E-state index contributed by atoms with van der Waals surface area (Å²) in [6, 6.07) is 10.6. The molecule has 2 aromatic rings. The van der Waals surface area contributed by atoms with Gasteiger partial charge < -0.3 is 15.5 Å². The number of nitrogens with zero attached hydrogens (tertiary/aromatic N) is 2. The maximum Gasteiger partial charge on any atom is 0.417 e. The SMILES string of the molecule is O=C(NCCNc1ccc(C(F)(F)F)cn1)C(c1ccccc1)N1CCCCC1=O. The molecular weight excluding hydrogens is 397 g/mol. The van der Waals surface area contributed by atoms with Gasteiger partial charge in [-0.1, -0.05) is 30.3 Å². The number of aromatic nitrogens is 1. The molecule has 1 aliphatic rings. The minimum atomic E-state index is -4.43. The molecule has 1 aliphatic heterocycles. The molecule has 0 saturated carbocycles. The smallest absolute Gasteiger partial charge is 0.368 e. The zero-order chi connectivity index (χ0) is 21.6. The molecule has 0 aliphatic carbocycles. The highest BCUT2D eigenvalue weighted by Crippen LogP contribution is 2.29. The Morgan fingerprint density at radius 1 is 1.10 bits per heavy atom. The standard InChI is InChI=1S/C21H23F3N4O2/c22-21(23,24)16-9-10-17(27-14-16)25-11-12-26-20(30)19(15-6-2-1-3-7-15)28-13-5-4-8-18(28)29/h1-3,6-7,9-10,14,19H,4-5,8,11-13H2,(H,25,27)(H,26,30). The van der Waals surface area contributed by atoms with E-state index in [0.717, 1.165) is 30.7 Å². The number of piperidine rings is 1. The summed E-state index contributed by atoms with van der Waals surface area (Å²) in [7, 11) is 0. The Morgan fingerprint density at radius 3 is 2.50 bits per heavy atom. The van der Waals surface area contributed by atoms with Gasteiger partial charge in [0.05, 0.1) is 5.56 Å². The van der Waals surface area contributed by atoms with Gasteiger partial charge in [-0.2, -0.15) is 13.2 Å². The highest BCUT2D eigenvalue weighted by molar-refractivity contribution is 5.89. The number of alkyl halides is 3. The normalized spacial score (nSPS) is 15.6. The molecule has 30 heavy (non-hydrogen) atoms. The van der Waals surface area contributed by atoms with Crippen LogP contribution in [0.25, 0.3) is 0 Å². The molecule has 0 radical (unpaired) electrons. The van der Waals surface area contributed by atoms with Crippen LogP contribution in [0.1, 0.15) is 36.4 Å². The van der Waals surface area contributed by atoms with E-state index in [4.69, 9.17) is 0 Å². The number of carbonyl (C=O) groups excluding carboxylic acids is 2. The number of halogens is 3. The number of anilines is 1. The molecule has 0 bridgehead atoms. The van der Waals surface area contributed by atoms with Crippen LogP contribution in [0.4, 0.5) is 19.0 Å². The van der Waals surface area contributed by atoms with Crippen LogP contribution >= 0.6 is 0 Å². The van der Waals surface area contributed by atoms with E-state index in [1.54, 1.807) is 4.90 Å². The summed E-state index contributed by atoms with van der Waals surface area (Å²) in [5, 5.41) is 5.67. The molecule has 1 aromatic carbocycles. The fourth-order valence-electron chi connectivity index (χ4n) is 3.35. The molecular formula is C21H23F3N4O2. The third-order valence-electron chi connectivity index (χ3n) is 4.86. The van der Waals surface area contributed by atoms with Gasteiger partial charge in [0, 0.05) is 32.3 Å². The first-order chi connectivity index (χ1) is 14.4. The van der Waals surface area contributed by atoms with E-state index in [1.807, 2.05) is 30.3 Å². The number of amides is 2. The van der Waals surface area contributed by atoms with E-state index < -0.39 is 17.8 Å². The second-order valence-electron chi connectivity index (χ2n) is 7.01. The lowest BCUT2D eigenvalue weighted by molar-refractivity contribution is -0.142. The topological polar surface area (TPSA) is 74.3 Å². The summed E-state index contributed by atoms with van der Waals surface area (Å²) in [5.41, 5.74) is -0.0825. The van der Waals surface area contributed by atoms with E-state index in [2.05, 4.69) is 15.6 Å². The molecule has 1 saturated heterocycles. The first kappa shape index (κ1) is 21.6. The highest BCUT2D eigenvalue weighted by Gasteiger charge is 2.32. The summed E-state index contributed by atoms with van der Waals surface area (Å²) < 4.78 is 37.7. The fourth-order valence-corrected chi connectivity index (χ4v) is 3.35. The predicted molar refractivity (Wildman–Crippen MR) is 105 cm³/mol. The zero-order valence-corrected chi connectivity index (χ0v) is 16.3. The van der Waals surface area contributed by atoms with Gasteiger partial charge in [-0.3, -0.25) is 9.59 Å². The van der Waals surface area contributed by atoms with E-state index in [1.165, 1.54) is 6.07 Å². The molecule has 0 spiro atoms. The monoisotopic (exact) mass is 420 g/mol. The summed E-state index contributed by atoms with van der Waals surface area (Å²) in [6.45, 7) is 1.03. The molecule has 1 aromatic heterocycles. The molecule has 160 valence electrons. The Bertz CT molecular complexity index is 857. The lowest BCUT2D eigenvalue weighted by Gasteiger charge is -2.34. The van der Waals surface area contributed by atoms with Crippen molar-refractivity contribution in [1.82, 2.24) is 15.2 Å². The molecule has 2 amide bonds. The maximum absolute atomic E-state index is 12.9. The minimum Gasteiger partial charge on any atom is -0.368 e. The van der Waals surface area contributed by atoms with Gasteiger partial charge in [0.25, 0.3) is 0 Å². The Labute approximate surface area is 172 Å². The summed E-state index contributed by atoms with van der Waals surface area (Å²) in [6.07, 6.45) is -1.57. The lowest BCUT2D eigenvalue weighted by Crippen LogP contribution is -2.46. The van der Waals surface area contributed by atoms with Crippen molar-refractivity contribution < 1.29 is 22.8 Å². The van der Waals surface area contributed by atoms with Gasteiger partial charge in [-0.05, 0) is 30.5 Å². The third kappa shape index (κ3) is 5.49. The van der Waals surface area contributed by atoms with Crippen molar-refractivity contribution in [2.45, 2.75) is 31.5 Å². The summed E-state index contributed by atoms with van der Waals surface area (Å²) in [4.78, 5) is 30.6. The average molecular weight is 420 g/mol. The number of hydrogen-bond donors (Lipinski definition) is 2. The number of rotatable bonds is 7. The maximum atomic E-state index is 12.9. The van der Waals surface area contributed by atoms with Crippen molar-refractivity contribution in [2.75, 3.05) is 25.0 Å².